The van der Waals surface area contributed by atoms with E-state index >= 15 is 0 Å². The molecule has 0 bridgehead atoms. The maximum atomic E-state index is 13.2. The van der Waals surface area contributed by atoms with Crippen molar-refractivity contribution in [1.29, 1.82) is 0 Å². The Morgan fingerprint density at radius 1 is 0.969 bits per heavy atom. The summed E-state index contributed by atoms with van der Waals surface area (Å²) in [6, 6.07) is 10.5. The summed E-state index contributed by atoms with van der Waals surface area (Å²) < 4.78 is 39.2. The molecule has 1 N–H and O–H groups in total. The van der Waals surface area contributed by atoms with E-state index < -0.39 is 15.6 Å². The van der Waals surface area contributed by atoms with Gasteiger partial charge in [0.25, 0.3) is 5.91 Å². The molecule has 2 heterocycles. The van der Waals surface area contributed by atoms with E-state index in [0.29, 0.717) is 48.9 Å². The number of carbonyl (C=O) groups is 1. The zero-order valence-corrected chi connectivity index (χ0v) is 19.6. The summed E-state index contributed by atoms with van der Waals surface area (Å²) in [6.45, 7) is 7.61. The topological polar surface area (TPSA) is 84.9 Å². The number of carbonyl (C=O) groups excluding carboxylic acids is 1. The first-order valence-corrected chi connectivity index (χ1v) is 12.5. The molecular weight excluding hydrogens is 428 g/mol. The van der Waals surface area contributed by atoms with Gasteiger partial charge >= 0.3 is 0 Å². The second-order valence-electron chi connectivity index (χ2n) is 8.88. The van der Waals surface area contributed by atoms with Crippen LogP contribution in [-0.2, 0) is 15.6 Å². The van der Waals surface area contributed by atoms with Gasteiger partial charge < -0.3 is 14.8 Å². The van der Waals surface area contributed by atoms with Gasteiger partial charge in [-0.1, -0.05) is 18.6 Å². The number of benzene rings is 2. The van der Waals surface area contributed by atoms with Crippen LogP contribution in [-0.4, -0.2) is 44.9 Å². The van der Waals surface area contributed by atoms with Crippen LogP contribution in [0.4, 0.5) is 0 Å². The smallest absolute Gasteiger partial charge is 0.251 e. The van der Waals surface area contributed by atoms with Crippen LogP contribution in [0.15, 0.2) is 41.3 Å². The molecule has 7 nitrogen and oxygen atoms in total. The Balaban J connectivity index is 1.57. The maximum Gasteiger partial charge on any atom is 0.251 e. The zero-order valence-electron chi connectivity index (χ0n) is 18.8. The zero-order chi connectivity index (χ0) is 22.9. The number of sulfonamides is 1. The molecule has 2 aliphatic rings. The fraction of sp³-hybridized carbons (Fsp3) is 0.458. The summed E-state index contributed by atoms with van der Waals surface area (Å²) in [5.74, 6) is 1.01. The van der Waals surface area contributed by atoms with Crippen molar-refractivity contribution in [2.75, 3.05) is 26.3 Å². The van der Waals surface area contributed by atoms with E-state index in [0.717, 1.165) is 24.8 Å². The molecule has 0 aliphatic carbocycles. The van der Waals surface area contributed by atoms with Crippen LogP contribution in [0.3, 0.4) is 0 Å². The largest absolute Gasteiger partial charge is 0.486 e. The monoisotopic (exact) mass is 458 g/mol. The predicted octanol–water partition coefficient (Wildman–Crippen LogP) is 3.61. The van der Waals surface area contributed by atoms with Crippen molar-refractivity contribution >= 4 is 15.9 Å². The third kappa shape index (κ3) is 4.47. The van der Waals surface area contributed by atoms with Crippen molar-refractivity contribution < 1.29 is 22.7 Å². The Bertz CT molecular complexity index is 1120. The summed E-state index contributed by atoms with van der Waals surface area (Å²) >= 11 is 0. The molecule has 4 rings (SSSR count). The van der Waals surface area contributed by atoms with Gasteiger partial charge in [-0.2, -0.15) is 4.31 Å². The molecule has 2 aliphatic heterocycles. The van der Waals surface area contributed by atoms with Crippen LogP contribution >= 0.6 is 0 Å². The van der Waals surface area contributed by atoms with Gasteiger partial charge in [-0.15, -0.1) is 0 Å². The number of piperidine rings is 1. The first kappa shape index (κ1) is 22.6. The van der Waals surface area contributed by atoms with E-state index in [2.05, 4.69) is 5.32 Å². The van der Waals surface area contributed by atoms with Gasteiger partial charge in [-0.05, 0) is 69.0 Å². The minimum atomic E-state index is -3.63. The number of rotatable bonds is 5. The Kier molecular flexibility index (Phi) is 6.18. The van der Waals surface area contributed by atoms with Crippen molar-refractivity contribution in [3.63, 3.8) is 0 Å². The van der Waals surface area contributed by atoms with Gasteiger partial charge in [0.05, 0.1) is 10.4 Å². The fourth-order valence-corrected chi connectivity index (χ4v) is 5.89. The second kappa shape index (κ2) is 8.75. The van der Waals surface area contributed by atoms with Crippen LogP contribution in [0.5, 0.6) is 11.5 Å². The van der Waals surface area contributed by atoms with E-state index in [9.17, 15) is 13.2 Å². The van der Waals surface area contributed by atoms with Crippen LogP contribution in [0, 0.1) is 6.92 Å². The van der Waals surface area contributed by atoms with Crippen molar-refractivity contribution in [2.45, 2.75) is 50.5 Å². The third-order valence-corrected chi connectivity index (χ3v) is 8.11. The number of hydrogen-bond donors (Lipinski definition) is 1. The SMILES string of the molecule is Cc1ccc(C(=O)NC(C)(C)c2ccc3c(c2)OCCO3)cc1S(=O)(=O)N1CCCCC1. The predicted molar refractivity (Wildman–Crippen MR) is 122 cm³/mol. The summed E-state index contributed by atoms with van der Waals surface area (Å²) in [5, 5.41) is 3.03. The summed E-state index contributed by atoms with van der Waals surface area (Å²) in [7, 11) is -3.63. The minimum absolute atomic E-state index is 0.198. The molecule has 32 heavy (non-hydrogen) atoms. The summed E-state index contributed by atoms with van der Waals surface area (Å²) in [4.78, 5) is 13.3. The molecule has 0 spiro atoms. The van der Waals surface area contributed by atoms with Crippen LogP contribution in [0.2, 0.25) is 0 Å². The Morgan fingerprint density at radius 2 is 1.66 bits per heavy atom. The number of nitrogens with one attached hydrogen (secondary N) is 1. The lowest BCUT2D eigenvalue weighted by Crippen LogP contribution is -2.41. The van der Waals surface area contributed by atoms with Crippen LogP contribution in [0.1, 0.15) is 54.6 Å². The molecule has 0 saturated carbocycles. The van der Waals surface area contributed by atoms with Gasteiger partial charge in [-0.3, -0.25) is 4.79 Å². The average molecular weight is 459 g/mol. The van der Waals surface area contributed by atoms with Gasteiger partial charge in [0.2, 0.25) is 10.0 Å². The number of nitrogens with zero attached hydrogens (tertiary/aromatic N) is 1. The molecule has 2 aromatic rings. The lowest BCUT2D eigenvalue weighted by Gasteiger charge is -2.29. The summed E-state index contributed by atoms with van der Waals surface area (Å²) in [5.41, 5.74) is 1.11. The molecule has 0 unspecified atom stereocenters. The van der Waals surface area contributed by atoms with E-state index in [1.807, 2.05) is 32.0 Å². The molecule has 8 heteroatoms. The van der Waals surface area contributed by atoms with Crippen molar-refractivity contribution in [2.24, 2.45) is 0 Å². The van der Waals surface area contributed by atoms with Gasteiger partial charge in [0, 0.05) is 18.7 Å². The van der Waals surface area contributed by atoms with Gasteiger partial charge in [-0.25, -0.2) is 8.42 Å². The van der Waals surface area contributed by atoms with E-state index in [-0.39, 0.29) is 10.8 Å². The van der Waals surface area contributed by atoms with E-state index in [1.54, 1.807) is 19.1 Å². The molecule has 1 saturated heterocycles. The van der Waals surface area contributed by atoms with Crippen LogP contribution < -0.4 is 14.8 Å². The Morgan fingerprint density at radius 3 is 2.38 bits per heavy atom. The molecular formula is C24H30N2O5S. The number of ether oxygens (including phenoxy) is 2. The van der Waals surface area contributed by atoms with Crippen molar-refractivity contribution in [1.82, 2.24) is 9.62 Å². The number of hydrogen-bond acceptors (Lipinski definition) is 5. The number of fused-ring (bicyclic) bond motifs is 1. The van der Waals surface area contributed by atoms with Crippen LogP contribution in [0.25, 0.3) is 0 Å². The van der Waals surface area contributed by atoms with Gasteiger partial charge in [0.1, 0.15) is 13.2 Å². The molecule has 1 amide bonds. The Labute approximate surface area is 189 Å². The normalized spacial score (nSPS) is 17.1. The molecule has 0 aromatic heterocycles. The third-order valence-electron chi connectivity index (χ3n) is 6.07. The van der Waals surface area contributed by atoms with Crippen molar-refractivity contribution in [3.8, 4) is 11.5 Å². The molecule has 0 atom stereocenters. The first-order chi connectivity index (χ1) is 15.2. The highest BCUT2D eigenvalue weighted by molar-refractivity contribution is 7.89. The lowest BCUT2D eigenvalue weighted by atomic mass is 9.93. The maximum absolute atomic E-state index is 13.2. The highest BCUT2D eigenvalue weighted by Gasteiger charge is 2.30. The average Bonchev–Trinajstić information content (AvgIpc) is 2.79. The van der Waals surface area contributed by atoms with E-state index in [1.165, 1.54) is 10.4 Å². The minimum Gasteiger partial charge on any atom is -0.486 e. The molecule has 0 radical (unpaired) electrons. The first-order valence-electron chi connectivity index (χ1n) is 11.0. The fourth-order valence-electron chi connectivity index (χ4n) is 4.12. The van der Waals surface area contributed by atoms with E-state index in [4.69, 9.17) is 9.47 Å². The van der Waals surface area contributed by atoms with Gasteiger partial charge in [0.15, 0.2) is 11.5 Å². The van der Waals surface area contributed by atoms with Crippen molar-refractivity contribution in [3.05, 3.63) is 53.1 Å². The quantitative estimate of drug-likeness (QED) is 0.740. The number of amides is 1. The molecule has 2 aromatic carbocycles. The highest BCUT2D eigenvalue weighted by Crippen LogP contribution is 2.34. The highest BCUT2D eigenvalue weighted by atomic mass is 32.2. The number of aryl methyl sites for hydroxylation is 1. The molecule has 1 fully saturated rings. The Hall–Kier alpha value is -2.58. The molecule has 172 valence electrons. The summed E-state index contributed by atoms with van der Waals surface area (Å²) in [6.07, 6.45) is 2.77. The second-order valence-corrected chi connectivity index (χ2v) is 10.8. The lowest BCUT2D eigenvalue weighted by molar-refractivity contribution is 0.0911. The standard InChI is InChI=1S/C24H30N2O5S/c1-17-7-8-18(15-22(17)32(28,29)26-11-5-4-6-12-26)23(27)25-24(2,3)19-9-10-20-21(16-19)31-14-13-30-20/h7-10,15-16H,4-6,11-14H2,1-3H3,(H,25,27).